The van der Waals surface area contributed by atoms with E-state index in [1.165, 1.54) is 0 Å². The number of halogens is 3. The van der Waals surface area contributed by atoms with E-state index in [2.05, 4.69) is 21.2 Å². The minimum absolute atomic E-state index is 0.0118. The minimum atomic E-state index is -0.389. The number of hydrogen-bond acceptors (Lipinski definition) is 3. The molecule has 5 nitrogen and oxygen atoms in total. The summed E-state index contributed by atoms with van der Waals surface area (Å²) < 4.78 is 0.719. The van der Waals surface area contributed by atoms with Gasteiger partial charge in [0.05, 0.1) is 11.1 Å². The first-order chi connectivity index (χ1) is 12.4. The maximum atomic E-state index is 12.4. The number of benzene rings is 2. The lowest BCUT2D eigenvalue weighted by Crippen LogP contribution is -2.34. The molecule has 0 unspecified atom stereocenters. The number of rotatable bonds is 5. The molecule has 0 atom stereocenters. The maximum absolute atomic E-state index is 12.4. The highest BCUT2D eigenvalue weighted by atomic mass is 79.9. The van der Waals surface area contributed by atoms with Crippen molar-refractivity contribution < 1.29 is 14.4 Å². The van der Waals surface area contributed by atoms with Gasteiger partial charge in [-0.2, -0.15) is 0 Å². The van der Waals surface area contributed by atoms with Gasteiger partial charge >= 0.3 is 0 Å². The van der Waals surface area contributed by atoms with Crippen molar-refractivity contribution in [2.45, 2.75) is 13.0 Å². The van der Waals surface area contributed by atoms with Crippen LogP contribution in [0.4, 0.5) is 0 Å². The molecule has 134 valence electrons. The van der Waals surface area contributed by atoms with E-state index >= 15 is 0 Å². The van der Waals surface area contributed by atoms with Crippen LogP contribution in [0.2, 0.25) is 10.0 Å². The Morgan fingerprint density at radius 1 is 1.04 bits per heavy atom. The van der Waals surface area contributed by atoms with Gasteiger partial charge in [-0.3, -0.25) is 19.3 Å². The van der Waals surface area contributed by atoms with Crippen LogP contribution in [0, 0.1) is 0 Å². The van der Waals surface area contributed by atoms with Crippen LogP contribution in [0.25, 0.3) is 0 Å². The predicted octanol–water partition coefficient (Wildman–Crippen LogP) is 4.06. The number of nitrogens with zero attached hydrogens (tertiary/aromatic N) is 1. The van der Waals surface area contributed by atoms with Crippen molar-refractivity contribution in [2.24, 2.45) is 0 Å². The fraction of sp³-hybridized carbons (Fsp3) is 0.167. The zero-order valence-corrected chi connectivity index (χ0v) is 16.5. The molecule has 0 radical (unpaired) electrons. The lowest BCUT2D eigenvalue weighted by atomic mass is 10.1. The molecule has 2 aromatic rings. The Hall–Kier alpha value is -1.89. The standard InChI is InChI=1S/C18H13BrCl2N2O3/c19-11-2-4-13-14(7-11)18(26)23(17(13)25)6-5-16(24)22-9-10-1-3-12(20)8-15(10)21/h1-4,7-8H,5-6,9H2,(H,22,24). The van der Waals surface area contributed by atoms with Crippen molar-refractivity contribution >= 4 is 56.9 Å². The van der Waals surface area contributed by atoms with Crippen molar-refractivity contribution in [3.63, 3.8) is 0 Å². The smallest absolute Gasteiger partial charge is 0.261 e. The van der Waals surface area contributed by atoms with Crippen molar-refractivity contribution in [2.75, 3.05) is 6.54 Å². The van der Waals surface area contributed by atoms with Gasteiger partial charge in [0.25, 0.3) is 11.8 Å². The van der Waals surface area contributed by atoms with Crippen LogP contribution in [-0.4, -0.2) is 29.2 Å². The quantitative estimate of drug-likeness (QED) is 0.691. The molecule has 0 fully saturated rings. The molecular formula is C18H13BrCl2N2O3. The molecule has 8 heteroatoms. The van der Waals surface area contributed by atoms with Gasteiger partial charge in [-0.15, -0.1) is 0 Å². The van der Waals surface area contributed by atoms with E-state index in [-0.39, 0.29) is 37.2 Å². The molecule has 1 aliphatic rings. The molecule has 26 heavy (non-hydrogen) atoms. The first-order valence-corrected chi connectivity index (χ1v) is 9.28. The number of hydrogen-bond donors (Lipinski definition) is 1. The summed E-state index contributed by atoms with van der Waals surface area (Å²) in [5.74, 6) is -1.06. The van der Waals surface area contributed by atoms with Gasteiger partial charge in [-0.05, 0) is 35.9 Å². The van der Waals surface area contributed by atoms with Crippen LogP contribution in [0.3, 0.4) is 0 Å². The van der Waals surface area contributed by atoms with E-state index in [1.54, 1.807) is 36.4 Å². The highest BCUT2D eigenvalue weighted by Gasteiger charge is 2.35. The summed E-state index contributed by atoms with van der Waals surface area (Å²) in [4.78, 5) is 37.8. The molecule has 0 saturated carbocycles. The third-order valence-corrected chi connectivity index (χ3v) is 5.07. The molecule has 1 aliphatic heterocycles. The number of fused-ring (bicyclic) bond motifs is 1. The Morgan fingerprint density at radius 3 is 2.50 bits per heavy atom. The van der Waals surface area contributed by atoms with E-state index in [0.717, 1.165) is 14.9 Å². The van der Waals surface area contributed by atoms with E-state index in [0.29, 0.717) is 21.2 Å². The molecule has 1 N–H and O–H groups in total. The zero-order valence-electron chi connectivity index (χ0n) is 13.4. The predicted molar refractivity (Wildman–Crippen MR) is 102 cm³/mol. The normalized spacial score (nSPS) is 13.1. The average molecular weight is 456 g/mol. The fourth-order valence-electron chi connectivity index (χ4n) is 2.63. The monoisotopic (exact) mass is 454 g/mol. The molecule has 2 aromatic carbocycles. The lowest BCUT2D eigenvalue weighted by Gasteiger charge is -2.13. The van der Waals surface area contributed by atoms with Gasteiger partial charge in [-0.25, -0.2) is 0 Å². The fourth-order valence-corrected chi connectivity index (χ4v) is 3.46. The first-order valence-electron chi connectivity index (χ1n) is 7.73. The molecule has 1 heterocycles. The highest BCUT2D eigenvalue weighted by Crippen LogP contribution is 2.26. The topological polar surface area (TPSA) is 66.5 Å². The van der Waals surface area contributed by atoms with Crippen LogP contribution in [0.15, 0.2) is 40.9 Å². The number of amides is 3. The van der Waals surface area contributed by atoms with Crippen LogP contribution in [-0.2, 0) is 11.3 Å². The van der Waals surface area contributed by atoms with E-state index in [9.17, 15) is 14.4 Å². The van der Waals surface area contributed by atoms with Gasteiger partial charge < -0.3 is 5.32 Å². The second kappa shape index (κ2) is 7.78. The van der Waals surface area contributed by atoms with Crippen molar-refractivity contribution in [3.8, 4) is 0 Å². The van der Waals surface area contributed by atoms with Crippen LogP contribution >= 0.6 is 39.1 Å². The number of imide groups is 1. The Labute approximate surface area is 168 Å². The first kappa shape index (κ1) is 18.9. The van der Waals surface area contributed by atoms with Gasteiger partial charge in [0.1, 0.15) is 0 Å². The summed E-state index contributed by atoms with van der Waals surface area (Å²) in [6.45, 7) is 0.258. The van der Waals surface area contributed by atoms with Crippen molar-refractivity contribution in [3.05, 3.63) is 67.6 Å². The van der Waals surface area contributed by atoms with Crippen molar-refractivity contribution in [1.29, 1.82) is 0 Å². The van der Waals surface area contributed by atoms with Crippen molar-refractivity contribution in [1.82, 2.24) is 10.2 Å². The molecular weight excluding hydrogens is 443 g/mol. The Balaban J connectivity index is 1.57. The SMILES string of the molecule is O=C(CCN1C(=O)c2ccc(Br)cc2C1=O)NCc1ccc(Cl)cc1Cl. The number of nitrogens with one attached hydrogen (secondary N) is 1. The third kappa shape index (κ3) is 3.92. The maximum Gasteiger partial charge on any atom is 0.261 e. The largest absolute Gasteiger partial charge is 0.352 e. The number of carbonyl (C=O) groups excluding carboxylic acids is 3. The molecule has 3 rings (SSSR count). The Morgan fingerprint density at radius 2 is 1.77 bits per heavy atom. The lowest BCUT2D eigenvalue weighted by molar-refractivity contribution is -0.121. The van der Waals surface area contributed by atoms with Gasteiger partial charge in [0.2, 0.25) is 5.91 Å². The number of carbonyl (C=O) groups is 3. The molecule has 3 amide bonds. The molecule has 0 bridgehead atoms. The zero-order chi connectivity index (χ0) is 18.8. The van der Waals surface area contributed by atoms with Crippen LogP contribution in [0.1, 0.15) is 32.7 Å². The highest BCUT2D eigenvalue weighted by molar-refractivity contribution is 9.10. The summed E-state index contributed by atoms with van der Waals surface area (Å²) in [5.41, 5.74) is 1.43. The molecule has 0 aromatic heterocycles. The van der Waals surface area contributed by atoms with E-state index in [1.807, 2.05) is 0 Å². The van der Waals surface area contributed by atoms with Gasteiger partial charge in [0.15, 0.2) is 0 Å². The summed E-state index contributed by atoms with van der Waals surface area (Å²) >= 11 is 15.2. The Bertz CT molecular complexity index is 917. The third-order valence-electron chi connectivity index (χ3n) is 3.99. The minimum Gasteiger partial charge on any atom is -0.352 e. The van der Waals surface area contributed by atoms with Crippen LogP contribution in [0.5, 0.6) is 0 Å². The molecule has 0 spiro atoms. The van der Waals surface area contributed by atoms with Crippen LogP contribution < -0.4 is 5.32 Å². The van der Waals surface area contributed by atoms with Gasteiger partial charge in [-0.1, -0.05) is 45.2 Å². The second-order valence-corrected chi connectivity index (χ2v) is 7.47. The molecule has 0 saturated heterocycles. The summed E-state index contributed by atoms with van der Waals surface area (Å²) in [6.07, 6.45) is 0.0118. The van der Waals surface area contributed by atoms with E-state index < -0.39 is 0 Å². The van der Waals surface area contributed by atoms with E-state index in [4.69, 9.17) is 23.2 Å². The summed E-state index contributed by atoms with van der Waals surface area (Å²) in [5, 5.41) is 3.70. The average Bonchev–Trinajstić information content (AvgIpc) is 2.82. The summed E-state index contributed by atoms with van der Waals surface area (Å²) in [7, 11) is 0. The summed E-state index contributed by atoms with van der Waals surface area (Å²) in [6, 6.07) is 9.93. The molecule has 0 aliphatic carbocycles. The second-order valence-electron chi connectivity index (χ2n) is 5.71. The van der Waals surface area contributed by atoms with Gasteiger partial charge in [0, 0.05) is 34.0 Å². The Kier molecular flexibility index (Phi) is 5.65.